The van der Waals surface area contributed by atoms with Crippen molar-refractivity contribution in [1.29, 1.82) is 0 Å². The van der Waals surface area contributed by atoms with E-state index < -0.39 is 6.10 Å². The van der Waals surface area contributed by atoms with Crippen molar-refractivity contribution in [2.75, 3.05) is 6.54 Å². The minimum Gasteiger partial charge on any atom is -0.391 e. The molecule has 4 rings (SSSR count). The summed E-state index contributed by atoms with van der Waals surface area (Å²) < 4.78 is 0. The van der Waals surface area contributed by atoms with Crippen molar-refractivity contribution in [3.63, 3.8) is 0 Å². The van der Waals surface area contributed by atoms with Crippen molar-refractivity contribution in [2.24, 2.45) is 17.3 Å². The van der Waals surface area contributed by atoms with Crippen molar-refractivity contribution >= 4 is 17.2 Å². The number of aromatic nitrogens is 1. The Balaban J connectivity index is 1.50. The van der Waals surface area contributed by atoms with Gasteiger partial charge in [0, 0.05) is 24.6 Å². The molecule has 1 aliphatic carbocycles. The number of benzene rings is 1. The van der Waals surface area contributed by atoms with Crippen molar-refractivity contribution in [3.8, 4) is 10.4 Å². The number of aliphatic hydroxyl groups is 1. The average Bonchev–Trinajstić information content (AvgIpc) is 3.25. The van der Waals surface area contributed by atoms with Gasteiger partial charge in [-0.1, -0.05) is 65.5 Å². The van der Waals surface area contributed by atoms with E-state index in [1.807, 2.05) is 17.3 Å². The Morgan fingerprint density at radius 2 is 1.94 bits per heavy atom. The maximum atomic E-state index is 13.8. The van der Waals surface area contributed by atoms with Crippen LogP contribution in [0.3, 0.4) is 0 Å². The van der Waals surface area contributed by atoms with Crippen molar-refractivity contribution in [2.45, 2.75) is 84.9 Å². The summed E-state index contributed by atoms with van der Waals surface area (Å²) in [5.41, 5.74) is 5.95. The monoisotopic (exact) mass is 495 g/mol. The normalized spacial score (nSPS) is 22.3. The lowest BCUT2D eigenvalue weighted by atomic mass is 9.75. The number of nitrogens with one attached hydrogen (secondary N) is 1. The number of aryl methyl sites for hydroxylation is 1. The largest absolute Gasteiger partial charge is 0.391 e. The first-order chi connectivity index (χ1) is 16.4. The summed E-state index contributed by atoms with van der Waals surface area (Å²) in [5, 5.41) is 14.2. The molecule has 3 atom stereocenters. The Bertz CT molecular complexity index is 1060. The number of aliphatic hydroxyl groups excluding tert-OH is 1. The zero-order chi connectivity index (χ0) is 25.5. The SMILES string of the molecule is C=C(NC1(c2ccc(-c3scnc3C)cc2)CC1)[C@@H]1C[C@@H](O)CN1C(=O)[C@@H](CC(C)C)C(C)(C)C. The van der Waals surface area contributed by atoms with Gasteiger partial charge in [0.15, 0.2) is 0 Å². The Hall–Kier alpha value is -2.18. The lowest BCUT2D eigenvalue weighted by Gasteiger charge is -2.37. The molecule has 0 bridgehead atoms. The smallest absolute Gasteiger partial charge is 0.226 e. The zero-order valence-electron chi connectivity index (χ0n) is 22.1. The van der Waals surface area contributed by atoms with Gasteiger partial charge in [-0.2, -0.15) is 0 Å². The lowest BCUT2D eigenvalue weighted by molar-refractivity contribution is -0.140. The second-order valence-electron chi connectivity index (χ2n) is 12.0. The average molecular weight is 496 g/mol. The highest BCUT2D eigenvalue weighted by molar-refractivity contribution is 7.13. The van der Waals surface area contributed by atoms with E-state index in [4.69, 9.17) is 0 Å². The van der Waals surface area contributed by atoms with Crippen LogP contribution in [0, 0.1) is 24.2 Å². The summed E-state index contributed by atoms with van der Waals surface area (Å²) in [6.07, 6.45) is 2.93. The maximum absolute atomic E-state index is 13.8. The topological polar surface area (TPSA) is 65.5 Å². The van der Waals surface area contributed by atoms with Crippen LogP contribution in [0.2, 0.25) is 0 Å². The first-order valence-corrected chi connectivity index (χ1v) is 13.8. The molecule has 2 aliphatic rings. The molecule has 2 heterocycles. The first-order valence-electron chi connectivity index (χ1n) is 12.9. The van der Waals surface area contributed by atoms with Crippen LogP contribution >= 0.6 is 11.3 Å². The van der Waals surface area contributed by atoms with E-state index in [2.05, 4.69) is 75.8 Å². The number of carbonyl (C=O) groups excluding carboxylic acids is 1. The molecule has 0 unspecified atom stereocenters. The second-order valence-corrected chi connectivity index (χ2v) is 12.9. The number of thiazole rings is 1. The third-order valence-corrected chi connectivity index (χ3v) is 8.59. The molecule has 1 aromatic heterocycles. The molecule has 0 radical (unpaired) electrons. The summed E-state index contributed by atoms with van der Waals surface area (Å²) in [6.45, 7) is 17.6. The first kappa shape index (κ1) is 25.9. The molecule has 1 aliphatic heterocycles. The summed E-state index contributed by atoms with van der Waals surface area (Å²) >= 11 is 1.67. The number of carbonyl (C=O) groups is 1. The van der Waals surface area contributed by atoms with E-state index >= 15 is 0 Å². The van der Waals surface area contributed by atoms with Crippen LogP contribution in [-0.2, 0) is 10.3 Å². The summed E-state index contributed by atoms with van der Waals surface area (Å²) in [4.78, 5) is 21.2. The molecule has 1 saturated heterocycles. The third kappa shape index (κ3) is 5.49. The molecule has 2 fully saturated rings. The van der Waals surface area contributed by atoms with Gasteiger partial charge in [0.05, 0.1) is 33.8 Å². The quantitative estimate of drug-likeness (QED) is 0.480. The number of hydrogen-bond donors (Lipinski definition) is 2. The van der Waals surface area contributed by atoms with E-state index in [1.54, 1.807) is 11.3 Å². The third-order valence-electron chi connectivity index (χ3n) is 7.61. The number of hydrogen-bond acceptors (Lipinski definition) is 5. The van der Waals surface area contributed by atoms with E-state index in [9.17, 15) is 9.90 Å². The predicted octanol–water partition coefficient (Wildman–Crippen LogP) is 5.88. The van der Waals surface area contributed by atoms with Crippen molar-refractivity contribution < 1.29 is 9.90 Å². The molecule has 1 amide bonds. The predicted molar refractivity (Wildman–Crippen MR) is 144 cm³/mol. The highest BCUT2D eigenvalue weighted by Gasteiger charge is 2.48. The lowest BCUT2D eigenvalue weighted by Crippen LogP contribution is -2.47. The van der Waals surface area contributed by atoms with Gasteiger partial charge in [0.25, 0.3) is 0 Å². The van der Waals surface area contributed by atoms with E-state index in [1.165, 1.54) is 16.0 Å². The number of rotatable bonds is 8. The van der Waals surface area contributed by atoms with Gasteiger partial charge in [-0.15, -0.1) is 11.3 Å². The molecule has 5 nitrogen and oxygen atoms in total. The van der Waals surface area contributed by atoms with Crippen molar-refractivity contribution in [1.82, 2.24) is 15.2 Å². The van der Waals surface area contributed by atoms with Crippen molar-refractivity contribution in [3.05, 3.63) is 53.3 Å². The van der Waals surface area contributed by atoms with Crippen LogP contribution in [0.4, 0.5) is 0 Å². The van der Waals surface area contributed by atoms with Crippen LogP contribution < -0.4 is 5.32 Å². The maximum Gasteiger partial charge on any atom is 0.226 e. The Morgan fingerprint density at radius 1 is 1.29 bits per heavy atom. The Kier molecular flexibility index (Phi) is 7.18. The minimum atomic E-state index is -0.515. The molecule has 0 spiro atoms. The molecule has 6 heteroatoms. The molecular weight excluding hydrogens is 454 g/mol. The Morgan fingerprint density at radius 3 is 2.46 bits per heavy atom. The van der Waals surface area contributed by atoms with Crippen LogP contribution in [0.1, 0.15) is 71.6 Å². The fraction of sp³-hybridized carbons (Fsp3) is 0.586. The van der Waals surface area contributed by atoms with E-state index in [-0.39, 0.29) is 28.8 Å². The van der Waals surface area contributed by atoms with Gasteiger partial charge < -0.3 is 15.3 Å². The number of likely N-dealkylation sites (tertiary alicyclic amines) is 1. The summed E-state index contributed by atoms with van der Waals surface area (Å²) in [6, 6.07) is 8.56. The molecule has 2 N–H and O–H groups in total. The highest BCUT2D eigenvalue weighted by atomic mass is 32.1. The van der Waals surface area contributed by atoms with E-state index in [0.29, 0.717) is 18.9 Å². The minimum absolute atomic E-state index is 0.0827. The van der Waals surface area contributed by atoms with Crippen LogP contribution in [0.5, 0.6) is 0 Å². The molecule has 35 heavy (non-hydrogen) atoms. The second kappa shape index (κ2) is 9.70. The number of nitrogens with zero attached hydrogens (tertiary/aromatic N) is 2. The molecular formula is C29H41N3O2S. The number of β-amino-alcohol motifs (C(OH)–C–C–N with tert-alkyl or cyclic N) is 1. The van der Waals surface area contributed by atoms with Crippen LogP contribution in [0.15, 0.2) is 42.1 Å². The Labute approximate surface area is 214 Å². The standard InChI is InChI=1S/C29H41N3O2S/c1-18(2)14-24(28(5,6)7)27(34)32-16-23(33)15-25(32)19(3)31-29(12-13-29)22-10-8-21(9-11-22)26-20(4)30-17-35-26/h8-11,17-18,23-25,31,33H,3,12-16H2,1-2,4-7H3/t23-,24-,25+/m1/s1. The van der Waals surface area contributed by atoms with Gasteiger partial charge in [0.2, 0.25) is 5.91 Å². The summed E-state index contributed by atoms with van der Waals surface area (Å²) in [5.74, 6) is 0.493. The van der Waals surface area contributed by atoms with Crippen LogP contribution in [0.25, 0.3) is 10.4 Å². The molecule has 190 valence electrons. The summed E-state index contributed by atoms with van der Waals surface area (Å²) in [7, 11) is 0. The zero-order valence-corrected chi connectivity index (χ0v) is 22.9. The highest BCUT2D eigenvalue weighted by Crippen LogP contribution is 2.47. The fourth-order valence-corrected chi connectivity index (χ4v) is 6.22. The molecule has 2 aromatic rings. The van der Waals surface area contributed by atoms with Crippen LogP contribution in [-0.4, -0.2) is 39.6 Å². The molecule has 1 saturated carbocycles. The van der Waals surface area contributed by atoms with Gasteiger partial charge in [-0.05, 0) is 48.6 Å². The van der Waals surface area contributed by atoms with Gasteiger partial charge in [-0.3, -0.25) is 4.79 Å². The fourth-order valence-electron chi connectivity index (χ4n) is 5.41. The number of amides is 1. The molecule has 1 aromatic carbocycles. The van der Waals surface area contributed by atoms with Gasteiger partial charge in [0.1, 0.15) is 0 Å². The van der Waals surface area contributed by atoms with Gasteiger partial charge >= 0.3 is 0 Å². The van der Waals surface area contributed by atoms with E-state index in [0.717, 1.165) is 30.7 Å². The van der Waals surface area contributed by atoms with Gasteiger partial charge in [-0.25, -0.2) is 4.98 Å².